The Morgan fingerprint density at radius 1 is 1.40 bits per heavy atom. The van der Waals surface area contributed by atoms with Gasteiger partial charge in [0.25, 0.3) is 0 Å². The normalized spacial score (nSPS) is 22.5. The zero-order valence-corrected chi connectivity index (χ0v) is 9.97. The first-order valence-electron chi connectivity index (χ1n) is 6.19. The molecule has 0 saturated carbocycles. The quantitative estimate of drug-likeness (QED) is 0.529. The van der Waals surface area contributed by atoms with Gasteiger partial charge in [-0.3, -0.25) is 0 Å². The third kappa shape index (κ3) is 5.20. The van der Waals surface area contributed by atoms with E-state index in [4.69, 9.17) is 6.42 Å². The molecule has 1 rings (SSSR count). The van der Waals surface area contributed by atoms with Gasteiger partial charge < -0.3 is 10.2 Å². The number of hydrogen-bond donors (Lipinski definition) is 1. The van der Waals surface area contributed by atoms with Crippen LogP contribution in [0, 0.1) is 12.3 Å². The van der Waals surface area contributed by atoms with Crippen molar-refractivity contribution in [2.75, 3.05) is 26.7 Å². The minimum absolute atomic E-state index is 0.805. The molecule has 1 atom stereocenters. The molecular formula is C13H24N2. The molecule has 0 aromatic carbocycles. The summed E-state index contributed by atoms with van der Waals surface area (Å²) in [5, 5.41) is 3.47. The van der Waals surface area contributed by atoms with Gasteiger partial charge in [-0.25, -0.2) is 0 Å². The molecule has 15 heavy (non-hydrogen) atoms. The van der Waals surface area contributed by atoms with Crippen LogP contribution in [0.1, 0.15) is 38.5 Å². The molecule has 1 saturated heterocycles. The van der Waals surface area contributed by atoms with E-state index in [1.165, 1.54) is 32.2 Å². The van der Waals surface area contributed by atoms with Crippen molar-refractivity contribution in [1.29, 1.82) is 0 Å². The van der Waals surface area contributed by atoms with Gasteiger partial charge in [0, 0.05) is 12.5 Å². The first-order chi connectivity index (χ1) is 7.34. The number of hydrogen-bond acceptors (Lipinski definition) is 2. The minimum Gasteiger partial charge on any atom is -0.317 e. The summed E-state index contributed by atoms with van der Waals surface area (Å²) in [4.78, 5) is 2.51. The van der Waals surface area contributed by atoms with Crippen LogP contribution in [0.4, 0.5) is 0 Å². The molecule has 0 aliphatic carbocycles. The van der Waals surface area contributed by atoms with E-state index in [0.29, 0.717) is 0 Å². The van der Waals surface area contributed by atoms with E-state index in [1.807, 2.05) is 0 Å². The van der Waals surface area contributed by atoms with Crippen LogP contribution in [-0.4, -0.2) is 37.6 Å². The Bertz CT molecular complexity index is 195. The maximum absolute atomic E-state index is 5.19. The van der Waals surface area contributed by atoms with Gasteiger partial charge in [-0.05, 0) is 52.4 Å². The van der Waals surface area contributed by atoms with Crippen molar-refractivity contribution in [2.24, 2.45) is 0 Å². The Balaban J connectivity index is 1.97. The van der Waals surface area contributed by atoms with E-state index in [1.54, 1.807) is 0 Å². The summed E-state index contributed by atoms with van der Waals surface area (Å²) in [6.07, 6.45) is 12.6. The number of unbranched alkanes of at least 4 members (excludes halogenated alkanes) is 1. The largest absolute Gasteiger partial charge is 0.317 e. The van der Waals surface area contributed by atoms with Crippen molar-refractivity contribution in [3.05, 3.63) is 0 Å². The molecule has 86 valence electrons. The smallest absolute Gasteiger partial charge is 0.0104 e. The number of nitrogens with one attached hydrogen (secondary N) is 1. The van der Waals surface area contributed by atoms with E-state index in [2.05, 4.69) is 23.2 Å². The average molecular weight is 208 g/mol. The van der Waals surface area contributed by atoms with Crippen molar-refractivity contribution in [3.8, 4) is 12.3 Å². The first kappa shape index (κ1) is 12.5. The lowest BCUT2D eigenvalue weighted by Crippen LogP contribution is -2.38. The van der Waals surface area contributed by atoms with Crippen molar-refractivity contribution >= 4 is 0 Å². The van der Waals surface area contributed by atoms with Gasteiger partial charge in [0.15, 0.2) is 0 Å². The topological polar surface area (TPSA) is 15.3 Å². The van der Waals surface area contributed by atoms with Crippen LogP contribution in [0.3, 0.4) is 0 Å². The summed E-state index contributed by atoms with van der Waals surface area (Å²) in [7, 11) is 2.25. The van der Waals surface area contributed by atoms with E-state index < -0.39 is 0 Å². The Labute approximate surface area is 94.4 Å². The van der Waals surface area contributed by atoms with Crippen LogP contribution in [0.2, 0.25) is 0 Å². The van der Waals surface area contributed by atoms with Gasteiger partial charge in [-0.15, -0.1) is 12.3 Å². The van der Waals surface area contributed by atoms with Crippen LogP contribution >= 0.6 is 0 Å². The zero-order valence-electron chi connectivity index (χ0n) is 9.97. The second-order valence-corrected chi connectivity index (χ2v) is 4.48. The predicted molar refractivity (Wildman–Crippen MR) is 65.8 cm³/mol. The molecular weight excluding hydrogens is 184 g/mol. The van der Waals surface area contributed by atoms with Gasteiger partial charge in [-0.2, -0.15) is 0 Å². The van der Waals surface area contributed by atoms with Crippen molar-refractivity contribution in [3.63, 3.8) is 0 Å². The molecule has 2 nitrogen and oxygen atoms in total. The van der Waals surface area contributed by atoms with E-state index in [0.717, 1.165) is 32.0 Å². The second kappa shape index (κ2) is 7.73. The molecule has 0 aromatic heterocycles. The molecule has 1 aliphatic heterocycles. The van der Waals surface area contributed by atoms with Crippen LogP contribution in [0.25, 0.3) is 0 Å². The maximum Gasteiger partial charge on any atom is 0.0104 e. The molecule has 1 heterocycles. The minimum atomic E-state index is 0.805. The molecule has 1 fully saturated rings. The lowest BCUT2D eigenvalue weighted by Gasteiger charge is -2.32. The SMILES string of the molecule is C#CCCCNCCC1CCCCN1C. The van der Waals surface area contributed by atoms with Gasteiger partial charge >= 0.3 is 0 Å². The molecule has 0 amide bonds. The van der Waals surface area contributed by atoms with Crippen molar-refractivity contribution in [2.45, 2.75) is 44.6 Å². The average Bonchev–Trinajstić information content (AvgIpc) is 2.25. The molecule has 0 radical (unpaired) electrons. The van der Waals surface area contributed by atoms with Gasteiger partial charge in [0.05, 0.1) is 0 Å². The third-order valence-corrected chi connectivity index (χ3v) is 3.25. The molecule has 0 spiro atoms. The van der Waals surface area contributed by atoms with Gasteiger partial charge in [0.1, 0.15) is 0 Å². The van der Waals surface area contributed by atoms with Crippen LogP contribution in [0.15, 0.2) is 0 Å². The Morgan fingerprint density at radius 2 is 2.27 bits per heavy atom. The highest BCUT2D eigenvalue weighted by atomic mass is 15.1. The summed E-state index contributed by atoms with van der Waals surface area (Å²) in [6.45, 7) is 3.49. The fraction of sp³-hybridized carbons (Fsp3) is 0.846. The van der Waals surface area contributed by atoms with Crippen LogP contribution < -0.4 is 5.32 Å². The highest BCUT2D eigenvalue weighted by Gasteiger charge is 2.17. The monoisotopic (exact) mass is 208 g/mol. The standard InChI is InChI=1S/C13H24N2/c1-3-4-6-10-14-11-9-13-8-5-7-12-15(13)2/h1,13-14H,4-12H2,2H3. The fourth-order valence-corrected chi connectivity index (χ4v) is 2.22. The summed E-state index contributed by atoms with van der Waals surface area (Å²) in [6, 6.07) is 0.805. The highest BCUT2D eigenvalue weighted by Crippen LogP contribution is 2.16. The molecule has 0 bridgehead atoms. The van der Waals surface area contributed by atoms with E-state index in [9.17, 15) is 0 Å². The Hall–Kier alpha value is -0.520. The first-order valence-corrected chi connectivity index (χ1v) is 6.19. The molecule has 1 N–H and O–H groups in total. The second-order valence-electron chi connectivity index (χ2n) is 4.48. The Morgan fingerprint density at radius 3 is 3.00 bits per heavy atom. The van der Waals surface area contributed by atoms with E-state index in [-0.39, 0.29) is 0 Å². The van der Waals surface area contributed by atoms with Gasteiger partial charge in [-0.1, -0.05) is 6.42 Å². The molecule has 0 aromatic rings. The molecule has 2 heteroatoms. The summed E-state index contributed by atoms with van der Waals surface area (Å²) in [5.41, 5.74) is 0. The summed E-state index contributed by atoms with van der Waals surface area (Å²) in [5.74, 6) is 2.67. The summed E-state index contributed by atoms with van der Waals surface area (Å²) >= 11 is 0. The zero-order chi connectivity index (χ0) is 10.9. The molecule has 1 unspecified atom stereocenters. The number of piperidine rings is 1. The number of terminal acetylenes is 1. The predicted octanol–water partition coefficient (Wildman–Crippen LogP) is 1.86. The third-order valence-electron chi connectivity index (χ3n) is 3.25. The van der Waals surface area contributed by atoms with Crippen LogP contribution in [-0.2, 0) is 0 Å². The van der Waals surface area contributed by atoms with Crippen molar-refractivity contribution < 1.29 is 0 Å². The lowest BCUT2D eigenvalue weighted by molar-refractivity contribution is 0.175. The van der Waals surface area contributed by atoms with E-state index >= 15 is 0 Å². The van der Waals surface area contributed by atoms with Crippen molar-refractivity contribution in [1.82, 2.24) is 10.2 Å². The van der Waals surface area contributed by atoms with Crippen LogP contribution in [0.5, 0.6) is 0 Å². The van der Waals surface area contributed by atoms with Gasteiger partial charge in [0.2, 0.25) is 0 Å². The fourth-order valence-electron chi connectivity index (χ4n) is 2.22. The molecule has 1 aliphatic rings. The lowest BCUT2D eigenvalue weighted by atomic mass is 10.0. The summed E-state index contributed by atoms with van der Waals surface area (Å²) < 4.78 is 0. The Kier molecular flexibility index (Phi) is 6.47. The number of nitrogens with zero attached hydrogens (tertiary/aromatic N) is 1. The highest BCUT2D eigenvalue weighted by molar-refractivity contribution is 4.83. The maximum atomic E-state index is 5.19. The number of rotatable bonds is 6. The number of likely N-dealkylation sites (tertiary alicyclic amines) is 1.